The zero-order valence-corrected chi connectivity index (χ0v) is 12.2. The molecule has 0 radical (unpaired) electrons. The van der Waals surface area contributed by atoms with Crippen molar-refractivity contribution in [1.82, 2.24) is 4.40 Å². The monoisotopic (exact) mass is 312 g/mol. The Morgan fingerprint density at radius 3 is 2.68 bits per heavy atom. The van der Waals surface area contributed by atoms with Crippen LogP contribution >= 0.6 is 23.2 Å². The molecule has 5 heteroatoms. The molecule has 0 aliphatic heterocycles. The van der Waals surface area contributed by atoms with Gasteiger partial charge in [0.25, 0.3) is 5.65 Å². The van der Waals surface area contributed by atoms with E-state index in [2.05, 4.69) is 15.0 Å². The molecule has 2 nitrogen and oxygen atoms in total. The van der Waals surface area contributed by atoms with Gasteiger partial charge in [0.1, 0.15) is 18.9 Å². The van der Waals surface area contributed by atoms with Gasteiger partial charge >= 0.3 is 0 Å². The van der Waals surface area contributed by atoms with Crippen molar-refractivity contribution in [2.75, 3.05) is 0 Å². The summed E-state index contributed by atoms with van der Waals surface area (Å²) in [7, 11) is 0. The molecule has 98 valence electrons. The van der Waals surface area contributed by atoms with Crippen LogP contribution < -0.4 is 17.0 Å². The minimum absolute atomic E-state index is 0. The van der Waals surface area contributed by atoms with E-state index in [-0.39, 0.29) is 12.4 Å². The topological polar surface area (TPSA) is 8.29 Å². The fraction of sp³-hybridized carbons (Fsp3) is 0.0714. The van der Waals surface area contributed by atoms with Crippen LogP contribution in [0.3, 0.4) is 0 Å². The number of halogens is 3. The maximum Gasteiger partial charge on any atom is 0.286 e. The van der Waals surface area contributed by atoms with Gasteiger partial charge in [0, 0.05) is 21.7 Å². The molecular formula is C14H11Cl3N2. The van der Waals surface area contributed by atoms with Crippen molar-refractivity contribution in [3.63, 3.8) is 0 Å². The summed E-state index contributed by atoms with van der Waals surface area (Å²) in [6.07, 6.45) is 6.09. The third-order valence-electron chi connectivity index (χ3n) is 2.92. The average molecular weight is 314 g/mol. The second-order valence-corrected chi connectivity index (χ2v) is 4.97. The summed E-state index contributed by atoms with van der Waals surface area (Å²) in [5.41, 5.74) is 2.19. The first-order chi connectivity index (χ1) is 8.74. The molecule has 0 bridgehead atoms. The van der Waals surface area contributed by atoms with Gasteiger partial charge in [-0.15, -0.1) is 0 Å². The lowest BCUT2D eigenvalue weighted by atomic mass is 10.2. The molecule has 3 rings (SSSR count). The molecule has 0 atom stereocenters. The molecule has 0 saturated carbocycles. The van der Waals surface area contributed by atoms with Gasteiger partial charge in [-0.3, -0.25) is 0 Å². The summed E-state index contributed by atoms with van der Waals surface area (Å²) < 4.78 is 4.22. The molecule has 0 fully saturated rings. The SMILES string of the molecule is Clc1ccc(C[n+]2ccn3ccccc32)c(Cl)c1.[Cl-]. The number of nitrogens with zero attached hydrogens (tertiary/aromatic N) is 2. The highest BCUT2D eigenvalue weighted by molar-refractivity contribution is 6.35. The van der Waals surface area contributed by atoms with Crippen LogP contribution in [0.15, 0.2) is 55.0 Å². The Balaban J connectivity index is 0.00000133. The third kappa shape index (κ3) is 2.86. The molecule has 1 aromatic carbocycles. The Labute approximate surface area is 127 Å². The van der Waals surface area contributed by atoms with E-state index in [1.54, 1.807) is 6.07 Å². The van der Waals surface area contributed by atoms with Crippen molar-refractivity contribution < 1.29 is 17.0 Å². The Morgan fingerprint density at radius 1 is 1.05 bits per heavy atom. The van der Waals surface area contributed by atoms with E-state index >= 15 is 0 Å². The first-order valence-electron chi connectivity index (χ1n) is 5.63. The summed E-state index contributed by atoms with van der Waals surface area (Å²) in [4.78, 5) is 0. The first-order valence-corrected chi connectivity index (χ1v) is 6.39. The molecule has 0 unspecified atom stereocenters. The number of benzene rings is 1. The summed E-state index contributed by atoms with van der Waals surface area (Å²) in [6, 6.07) is 11.7. The molecule has 0 spiro atoms. The van der Waals surface area contributed by atoms with Crippen molar-refractivity contribution in [2.24, 2.45) is 0 Å². The molecule has 0 amide bonds. The van der Waals surface area contributed by atoms with Gasteiger partial charge in [0.15, 0.2) is 0 Å². The van der Waals surface area contributed by atoms with Crippen molar-refractivity contribution in [3.8, 4) is 0 Å². The van der Waals surface area contributed by atoms with Crippen LogP contribution in [0.2, 0.25) is 10.0 Å². The van der Waals surface area contributed by atoms with E-state index in [4.69, 9.17) is 23.2 Å². The first kappa shape index (κ1) is 14.2. The second-order valence-electron chi connectivity index (χ2n) is 4.13. The number of rotatable bonds is 2. The van der Waals surface area contributed by atoms with Gasteiger partial charge in [-0.2, -0.15) is 0 Å². The largest absolute Gasteiger partial charge is 1.00 e. The number of aromatic nitrogens is 2. The van der Waals surface area contributed by atoms with Gasteiger partial charge in [-0.25, -0.2) is 8.97 Å². The van der Waals surface area contributed by atoms with Crippen LogP contribution in [-0.2, 0) is 6.54 Å². The molecule has 0 N–H and O–H groups in total. The van der Waals surface area contributed by atoms with E-state index in [0.717, 1.165) is 17.8 Å². The van der Waals surface area contributed by atoms with Crippen molar-refractivity contribution in [2.45, 2.75) is 6.54 Å². The van der Waals surface area contributed by atoms with E-state index in [1.807, 2.05) is 42.9 Å². The predicted octanol–water partition coefficient (Wildman–Crippen LogP) is 0.586. The van der Waals surface area contributed by atoms with E-state index in [0.29, 0.717) is 10.0 Å². The predicted molar refractivity (Wildman–Crippen MR) is 73.2 cm³/mol. The van der Waals surface area contributed by atoms with Crippen LogP contribution in [0, 0.1) is 0 Å². The number of hydrogen-bond donors (Lipinski definition) is 0. The number of fused-ring (bicyclic) bond motifs is 1. The zero-order valence-electron chi connectivity index (χ0n) is 9.93. The van der Waals surface area contributed by atoms with Gasteiger partial charge < -0.3 is 12.4 Å². The van der Waals surface area contributed by atoms with E-state index in [1.165, 1.54) is 0 Å². The van der Waals surface area contributed by atoms with Gasteiger partial charge in [-0.05, 0) is 18.2 Å². The van der Waals surface area contributed by atoms with Crippen molar-refractivity contribution in [1.29, 1.82) is 0 Å². The third-order valence-corrected chi connectivity index (χ3v) is 3.51. The maximum absolute atomic E-state index is 6.19. The minimum Gasteiger partial charge on any atom is -1.00 e. The molecule has 0 aliphatic carbocycles. The maximum atomic E-state index is 6.19. The van der Waals surface area contributed by atoms with Crippen LogP contribution in [0.25, 0.3) is 5.65 Å². The lowest BCUT2D eigenvalue weighted by Crippen LogP contribution is -3.00. The standard InChI is InChI=1S/C14H11Cl2N2.ClH/c15-12-5-4-11(13(16)9-12)10-18-8-7-17-6-2-1-3-14(17)18;/h1-9H,10H2;1H/q+1;/p-1. The van der Waals surface area contributed by atoms with Gasteiger partial charge in [0.05, 0.1) is 6.20 Å². The number of imidazole rings is 1. The normalized spacial score (nSPS) is 10.4. The molecule has 0 aliphatic rings. The Kier molecular flexibility index (Phi) is 4.35. The molecule has 19 heavy (non-hydrogen) atoms. The van der Waals surface area contributed by atoms with Crippen LogP contribution in [0.4, 0.5) is 0 Å². The number of pyridine rings is 1. The van der Waals surface area contributed by atoms with E-state index < -0.39 is 0 Å². The summed E-state index contributed by atoms with van der Waals surface area (Å²) in [5.74, 6) is 0. The van der Waals surface area contributed by atoms with E-state index in [9.17, 15) is 0 Å². The quantitative estimate of drug-likeness (QED) is 0.612. The lowest BCUT2D eigenvalue weighted by Gasteiger charge is -2.02. The minimum atomic E-state index is 0. The molecule has 2 heterocycles. The number of hydrogen-bond acceptors (Lipinski definition) is 0. The highest BCUT2D eigenvalue weighted by Crippen LogP contribution is 2.20. The van der Waals surface area contributed by atoms with Crippen molar-refractivity contribution >= 4 is 28.8 Å². The molecule has 0 saturated heterocycles. The van der Waals surface area contributed by atoms with Crippen LogP contribution in [0.5, 0.6) is 0 Å². The smallest absolute Gasteiger partial charge is 0.286 e. The second kappa shape index (κ2) is 5.83. The fourth-order valence-corrected chi connectivity index (χ4v) is 2.48. The summed E-state index contributed by atoms with van der Waals surface area (Å²) in [5, 5.41) is 1.36. The van der Waals surface area contributed by atoms with Crippen LogP contribution in [-0.4, -0.2) is 4.40 Å². The highest BCUT2D eigenvalue weighted by Gasteiger charge is 2.10. The fourth-order valence-electron chi connectivity index (χ4n) is 2.01. The Hall–Kier alpha value is -1.22. The molecule has 3 aromatic rings. The zero-order chi connectivity index (χ0) is 12.5. The van der Waals surface area contributed by atoms with Gasteiger partial charge in [-0.1, -0.05) is 35.3 Å². The average Bonchev–Trinajstić information content (AvgIpc) is 2.76. The van der Waals surface area contributed by atoms with Gasteiger partial charge in [0.2, 0.25) is 0 Å². The molecule has 2 aromatic heterocycles. The Bertz CT molecular complexity index is 707. The van der Waals surface area contributed by atoms with Crippen molar-refractivity contribution in [3.05, 3.63) is 70.6 Å². The molecular weight excluding hydrogens is 303 g/mol. The highest BCUT2D eigenvalue weighted by atomic mass is 35.5. The van der Waals surface area contributed by atoms with Crippen LogP contribution in [0.1, 0.15) is 5.56 Å². The summed E-state index contributed by atoms with van der Waals surface area (Å²) in [6.45, 7) is 0.733. The Morgan fingerprint density at radius 2 is 1.89 bits per heavy atom. The lowest BCUT2D eigenvalue weighted by molar-refractivity contribution is -0.661. The summed E-state index contributed by atoms with van der Waals surface area (Å²) >= 11 is 12.1.